The molecule has 24 heavy (non-hydrogen) atoms. The summed E-state index contributed by atoms with van der Waals surface area (Å²) < 4.78 is 10.6. The van der Waals surface area contributed by atoms with Crippen LogP contribution in [0.2, 0.25) is 0 Å². The lowest BCUT2D eigenvalue weighted by molar-refractivity contribution is -0.134. The summed E-state index contributed by atoms with van der Waals surface area (Å²) in [6.45, 7) is 3.50. The number of nitrogens with zero attached hydrogens (tertiary/aromatic N) is 3. The Kier molecular flexibility index (Phi) is 4.54. The van der Waals surface area contributed by atoms with Gasteiger partial charge < -0.3 is 24.2 Å². The predicted octanol–water partition coefficient (Wildman–Crippen LogP) is 0.0688. The highest BCUT2D eigenvalue weighted by Crippen LogP contribution is 2.35. The van der Waals surface area contributed by atoms with Crippen LogP contribution in [-0.2, 0) is 14.4 Å². The van der Waals surface area contributed by atoms with E-state index in [1.807, 2.05) is 0 Å². The molecule has 0 aliphatic carbocycles. The summed E-state index contributed by atoms with van der Waals surface area (Å²) in [4.78, 5) is 39.9. The van der Waals surface area contributed by atoms with Gasteiger partial charge in [0.1, 0.15) is 6.54 Å². The van der Waals surface area contributed by atoms with E-state index in [0.29, 0.717) is 43.4 Å². The lowest BCUT2D eigenvalue weighted by Crippen LogP contribution is -2.51. The molecule has 3 amide bonds. The average Bonchev–Trinajstić information content (AvgIpc) is 3.06. The zero-order chi connectivity index (χ0) is 17.1. The van der Waals surface area contributed by atoms with Crippen molar-refractivity contribution in [2.24, 2.45) is 0 Å². The fourth-order valence-electron chi connectivity index (χ4n) is 2.75. The van der Waals surface area contributed by atoms with Gasteiger partial charge >= 0.3 is 0 Å². The van der Waals surface area contributed by atoms with Crippen molar-refractivity contribution in [1.82, 2.24) is 9.80 Å². The number of carbonyl (C=O) groups is 3. The van der Waals surface area contributed by atoms with Crippen molar-refractivity contribution in [3.8, 4) is 11.5 Å². The van der Waals surface area contributed by atoms with Crippen molar-refractivity contribution in [1.29, 1.82) is 0 Å². The number of hydrogen-bond donors (Lipinski definition) is 0. The van der Waals surface area contributed by atoms with E-state index in [1.165, 1.54) is 11.8 Å². The molecule has 0 bridgehead atoms. The Morgan fingerprint density at radius 2 is 1.88 bits per heavy atom. The van der Waals surface area contributed by atoms with Crippen LogP contribution < -0.4 is 14.4 Å². The summed E-state index contributed by atoms with van der Waals surface area (Å²) in [5.41, 5.74) is 0.589. The molecule has 0 atom stereocenters. The number of anilines is 1. The highest BCUT2D eigenvalue weighted by Gasteiger charge is 2.25. The Bertz CT molecular complexity index is 655. The van der Waals surface area contributed by atoms with Crippen LogP contribution in [0, 0.1) is 0 Å². The number of piperazine rings is 1. The molecule has 0 unspecified atom stereocenters. The van der Waals surface area contributed by atoms with Crippen LogP contribution >= 0.6 is 0 Å². The molecule has 8 nitrogen and oxygen atoms in total. The van der Waals surface area contributed by atoms with Gasteiger partial charge in [-0.3, -0.25) is 14.4 Å². The topological polar surface area (TPSA) is 79.4 Å². The number of amides is 3. The summed E-state index contributed by atoms with van der Waals surface area (Å²) in [5.74, 6) is 0.812. The first kappa shape index (κ1) is 16.1. The van der Waals surface area contributed by atoms with E-state index in [-0.39, 0.29) is 25.2 Å². The lowest BCUT2D eigenvalue weighted by atomic mass is 10.2. The molecular formula is C16H19N3O5. The summed E-state index contributed by atoms with van der Waals surface area (Å²) in [5, 5.41) is 0. The van der Waals surface area contributed by atoms with Crippen molar-refractivity contribution in [2.45, 2.75) is 6.92 Å². The Morgan fingerprint density at radius 3 is 2.54 bits per heavy atom. The third-order valence-corrected chi connectivity index (χ3v) is 4.16. The second-order valence-electron chi connectivity index (χ2n) is 5.66. The molecule has 1 aromatic rings. The quantitative estimate of drug-likeness (QED) is 0.729. The van der Waals surface area contributed by atoms with Gasteiger partial charge in [-0.15, -0.1) is 0 Å². The van der Waals surface area contributed by atoms with Gasteiger partial charge in [0.2, 0.25) is 25.0 Å². The Labute approximate surface area is 139 Å². The number of benzene rings is 1. The average molecular weight is 333 g/mol. The Balaban J connectivity index is 1.69. The van der Waals surface area contributed by atoms with Crippen molar-refractivity contribution in [3.05, 3.63) is 18.2 Å². The Morgan fingerprint density at radius 1 is 1.17 bits per heavy atom. The molecule has 0 radical (unpaired) electrons. The van der Waals surface area contributed by atoms with Crippen LogP contribution in [0.5, 0.6) is 11.5 Å². The zero-order valence-electron chi connectivity index (χ0n) is 13.4. The number of carbonyl (C=O) groups excluding carboxylic acids is 3. The molecule has 1 fully saturated rings. The van der Waals surface area contributed by atoms with Crippen LogP contribution in [0.25, 0.3) is 0 Å². The van der Waals surface area contributed by atoms with E-state index in [1.54, 1.807) is 28.0 Å². The van der Waals surface area contributed by atoms with Crippen molar-refractivity contribution < 1.29 is 23.9 Å². The molecule has 8 heteroatoms. The molecule has 1 aromatic carbocycles. The normalized spacial score (nSPS) is 16.0. The van der Waals surface area contributed by atoms with Crippen molar-refractivity contribution >= 4 is 23.9 Å². The largest absolute Gasteiger partial charge is 0.454 e. The Hall–Kier alpha value is -2.77. The molecule has 128 valence electrons. The van der Waals surface area contributed by atoms with Crippen LogP contribution in [-0.4, -0.2) is 67.5 Å². The van der Waals surface area contributed by atoms with Crippen LogP contribution in [0.3, 0.4) is 0 Å². The molecule has 0 N–H and O–H groups in total. The minimum Gasteiger partial charge on any atom is -0.454 e. The molecule has 2 aliphatic heterocycles. The zero-order valence-corrected chi connectivity index (χ0v) is 13.4. The lowest BCUT2D eigenvalue weighted by Gasteiger charge is -2.34. The van der Waals surface area contributed by atoms with Crippen molar-refractivity contribution in [2.75, 3.05) is 44.4 Å². The SMILES string of the molecule is CC(=O)N(CC(=O)N1CCN(C=O)CC1)c1ccc2c(c1)OCO2. The molecule has 3 rings (SSSR count). The second-order valence-corrected chi connectivity index (χ2v) is 5.66. The van der Waals surface area contributed by atoms with Gasteiger partial charge in [-0.2, -0.15) is 0 Å². The predicted molar refractivity (Wildman–Crippen MR) is 84.8 cm³/mol. The smallest absolute Gasteiger partial charge is 0.242 e. The summed E-state index contributed by atoms with van der Waals surface area (Å²) >= 11 is 0. The van der Waals surface area contributed by atoms with Crippen molar-refractivity contribution in [3.63, 3.8) is 0 Å². The van der Waals surface area contributed by atoms with E-state index in [0.717, 1.165) is 6.41 Å². The molecule has 1 saturated heterocycles. The van der Waals surface area contributed by atoms with E-state index >= 15 is 0 Å². The first-order chi connectivity index (χ1) is 11.6. The van der Waals surface area contributed by atoms with Gasteiger partial charge in [0.25, 0.3) is 0 Å². The second kappa shape index (κ2) is 6.77. The molecule has 0 saturated carbocycles. The highest BCUT2D eigenvalue weighted by molar-refractivity contribution is 5.97. The van der Waals surface area contributed by atoms with Gasteiger partial charge in [0, 0.05) is 44.9 Å². The standard InChI is InChI=1S/C16H19N3O5/c1-12(21)19(13-2-3-14-15(8-13)24-11-23-14)9-16(22)18-6-4-17(10-20)5-7-18/h2-3,8,10H,4-7,9,11H2,1H3. The fourth-order valence-corrected chi connectivity index (χ4v) is 2.75. The third-order valence-electron chi connectivity index (χ3n) is 4.16. The fraction of sp³-hybridized carbons (Fsp3) is 0.438. The maximum absolute atomic E-state index is 12.5. The molecule has 0 aromatic heterocycles. The first-order valence-electron chi connectivity index (χ1n) is 7.73. The third kappa shape index (κ3) is 3.27. The monoisotopic (exact) mass is 333 g/mol. The van der Waals surface area contributed by atoms with E-state index in [4.69, 9.17) is 9.47 Å². The van der Waals surface area contributed by atoms with E-state index < -0.39 is 0 Å². The van der Waals surface area contributed by atoms with Gasteiger partial charge in [0.15, 0.2) is 11.5 Å². The van der Waals surface area contributed by atoms with Gasteiger partial charge in [-0.1, -0.05) is 0 Å². The molecule has 0 spiro atoms. The number of ether oxygens (including phenoxy) is 2. The van der Waals surface area contributed by atoms with Gasteiger partial charge in [0.05, 0.1) is 0 Å². The summed E-state index contributed by atoms with van der Waals surface area (Å²) in [7, 11) is 0. The van der Waals surface area contributed by atoms with Crippen LogP contribution in [0.15, 0.2) is 18.2 Å². The highest BCUT2D eigenvalue weighted by atomic mass is 16.7. The van der Waals surface area contributed by atoms with Crippen LogP contribution in [0.4, 0.5) is 5.69 Å². The maximum Gasteiger partial charge on any atom is 0.242 e. The minimum atomic E-state index is -0.228. The minimum absolute atomic E-state index is 0.0456. The molecule has 2 aliphatic rings. The van der Waals surface area contributed by atoms with E-state index in [9.17, 15) is 14.4 Å². The molecular weight excluding hydrogens is 314 g/mol. The summed E-state index contributed by atoms with van der Waals surface area (Å²) in [6, 6.07) is 5.15. The van der Waals surface area contributed by atoms with E-state index in [2.05, 4.69) is 0 Å². The number of rotatable bonds is 4. The number of hydrogen-bond acceptors (Lipinski definition) is 5. The molecule has 2 heterocycles. The summed E-state index contributed by atoms with van der Waals surface area (Å²) in [6.07, 6.45) is 0.788. The van der Waals surface area contributed by atoms with Crippen LogP contribution in [0.1, 0.15) is 6.92 Å². The number of fused-ring (bicyclic) bond motifs is 1. The van der Waals surface area contributed by atoms with Gasteiger partial charge in [-0.25, -0.2) is 0 Å². The maximum atomic E-state index is 12.5. The van der Waals surface area contributed by atoms with Gasteiger partial charge in [-0.05, 0) is 12.1 Å². The first-order valence-corrected chi connectivity index (χ1v) is 7.73.